The largest absolute Gasteiger partial charge is 0.347 e. The van der Waals surface area contributed by atoms with Crippen LogP contribution in [0.4, 0.5) is 5.69 Å². The maximum atomic E-state index is 12.2. The van der Waals surface area contributed by atoms with Gasteiger partial charge in [-0.15, -0.1) is 11.3 Å². The third-order valence-electron chi connectivity index (χ3n) is 4.73. The molecule has 0 aliphatic heterocycles. The highest BCUT2D eigenvalue weighted by atomic mass is 35.5. The summed E-state index contributed by atoms with van der Waals surface area (Å²) in [5.41, 5.74) is 0.469. The fourth-order valence-corrected chi connectivity index (χ4v) is 4.58. The van der Waals surface area contributed by atoms with E-state index in [0.717, 1.165) is 25.7 Å². The van der Waals surface area contributed by atoms with Crippen molar-refractivity contribution in [2.24, 2.45) is 0 Å². The summed E-state index contributed by atoms with van der Waals surface area (Å²) in [5, 5.41) is 8.00. The predicted octanol–water partition coefficient (Wildman–Crippen LogP) is 4.36. The second-order valence-corrected chi connectivity index (χ2v) is 7.85. The Balaban J connectivity index is 1.62. The number of hydrogen-bond acceptors (Lipinski definition) is 3. The fraction of sp³-hybridized carbons (Fsp3) is 0.368. The van der Waals surface area contributed by atoms with E-state index in [2.05, 4.69) is 22.1 Å². The van der Waals surface area contributed by atoms with Crippen LogP contribution < -0.4 is 10.6 Å². The molecule has 1 aliphatic carbocycles. The van der Waals surface area contributed by atoms with Crippen molar-refractivity contribution in [1.29, 1.82) is 0 Å². The lowest BCUT2D eigenvalue weighted by Gasteiger charge is -2.36. The minimum atomic E-state index is -0.667. The SMILES string of the molecule is O=C(NCC1(c2cccs2)CCCCC1)C(=O)Nc1cccc(Cl)c1. The zero-order valence-corrected chi connectivity index (χ0v) is 15.5. The van der Waals surface area contributed by atoms with E-state index < -0.39 is 11.8 Å². The molecule has 132 valence electrons. The van der Waals surface area contributed by atoms with Crippen molar-refractivity contribution in [3.8, 4) is 0 Å². The molecule has 2 aromatic rings. The van der Waals surface area contributed by atoms with Crippen molar-refractivity contribution in [2.75, 3.05) is 11.9 Å². The van der Waals surface area contributed by atoms with Crippen LogP contribution in [0.15, 0.2) is 41.8 Å². The van der Waals surface area contributed by atoms with E-state index in [1.54, 1.807) is 35.6 Å². The Morgan fingerprint density at radius 3 is 2.56 bits per heavy atom. The first-order valence-electron chi connectivity index (χ1n) is 8.48. The first kappa shape index (κ1) is 18.0. The standard InChI is InChI=1S/C19H21ClN2O2S/c20-14-6-4-7-15(12-14)22-18(24)17(23)21-13-19(9-2-1-3-10-19)16-8-5-11-25-16/h4-8,11-12H,1-3,9-10,13H2,(H,21,23)(H,22,24). The van der Waals surface area contributed by atoms with Crippen LogP contribution in [0.25, 0.3) is 0 Å². The Hall–Kier alpha value is -1.85. The lowest BCUT2D eigenvalue weighted by atomic mass is 9.73. The van der Waals surface area contributed by atoms with Gasteiger partial charge in [-0.3, -0.25) is 9.59 Å². The van der Waals surface area contributed by atoms with Crippen LogP contribution in [0.5, 0.6) is 0 Å². The number of carbonyl (C=O) groups is 2. The number of rotatable bonds is 4. The van der Waals surface area contributed by atoms with Gasteiger partial charge in [0.15, 0.2) is 0 Å². The number of thiophene rings is 1. The van der Waals surface area contributed by atoms with Crippen molar-refractivity contribution in [1.82, 2.24) is 5.32 Å². The van der Waals surface area contributed by atoms with E-state index in [-0.39, 0.29) is 5.41 Å². The van der Waals surface area contributed by atoms with Crippen molar-refractivity contribution < 1.29 is 9.59 Å². The molecular weight excluding hydrogens is 356 g/mol. The molecule has 2 N–H and O–H groups in total. The van der Waals surface area contributed by atoms with Crippen LogP contribution in [0.3, 0.4) is 0 Å². The van der Waals surface area contributed by atoms with E-state index in [1.807, 2.05) is 6.07 Å². The molecule has 1 saturated carbocycles. The molecule has 0 radical (unpaired) electrons. The van der Waals surface area contributed by atoms with Gasteiger partial charge in [-0.2, -0.15) is 0 Å². The summed E-state index contributed by atoms with van der Waals surface area (Å²) in [7, 11) is 0. The van der Waals surface area contributed by atoms with E-state index in [9.17, 15) is 9.59 Å². The Morgan fingerprint density at radius 2 is 1.88 bits per heavy atom. The number of nitrogens with one attached hydrogen (secondary N) is 2. The molecule has 0 atom stereocenters. The number of benzene rings is 1. The predicted molar refractivity (Wildman–Crippen MR) is 102 cm³/mol. The van der Waals surface area contributed by atoms with Gasteiger partial charge < -0.3 is 10.6 Å². The van der Waals surface area contributed by atoms with E-state index in [0.29, 0.717) is 17.3 Å². The van der Waals surface area contributed by atoms with Crippen LogP contribution in [0, 0.1) is 0 Å². The normalized spacial score (nSPS) is 16.2. The second kappa shape index (κ2) is 8.02. The molecule has 0 unspecified atom stereocenters. The zero-order chi connectivity index (χ0) is 17.7. The Labute approximate surface area is 156 Å². The molecule has 6 heteroatoms. The maximum Gasteiger partial charge on any atom is 0.313 e. The summed E-state index contributed by atoms with van der Waals surface area (Å²) in [4.78, 5) is 25.7. The Kier molecular flexibility index (Phi) is 5.76. The minimum Gasteiger partial charge on any atom is -0.347 e. The van der Waals surface area contributed by atoms with Crippen LogP contribution in [-0.4, -0.2) is 18.4 Å². The molecule has 1 aromatic heterocycles. The van der Waals surface area contributed by atoms with Crippen molar-refractivity contribution in [2.45, 2.75) is 37.5 Å². The van der Waals surface area contributed by atoms with E-state index >= 15 is 0 Å². The number of amides is 2. The van der Waals surface area contributed by atoms with Gasteiger partial charge >= 0.3 is 11.8 Å². The lowest BCUT2D eigenvalue weighted by Crippen LogP contribution is -2.45. The highest BCUT2D eigenvalue weighted by Gasteiger charge is 2.35. The highest BCUT2D eigenvalue weighted by molar-refractivity contribution is 7.10. The van der Waals surface area contributed by atoms with Gasteiger partial charge in [0, 0.05) is 27.5 Å². The van der Waals surface area contributed by atoms with Gasteiger partial charge in [0.1, 0.15) is 0 Å². The van der Waals surface area contributed by atoms with Crippen molar-refractivity contribution >= 4 is 40.4 Å². The zero-order valence-electron chi connectivity index (χ0n) is 13.9. The molecule has 2 amide bonds. The highest BCUT2D eigenvalue weighted by Crippen LogP contribution is 2.41. The van der Waals surface area contributed by atoms with Crippen molar-refractivity contribution in [3.63, 3.8) is 0 Å². The third-order valence-corrected chi connectivity index (χ3v) is 6.08. The quantitative estimate of drug-likeness (QED) is 0.779. The summed E-state index contributed by atoms with van der Waals surface area (Å²) < 4.78 is 0. The second-order valence-electron chi connectivity index (χ2n) is 6.47. The molecule has 4 nitrogen and oxygen atoms in total. The van der Waals surface area contributed by atoms with Gasteiger partial charge in [0.25, 0.3) is 0 Å². The van der Waals surface area contributed by atoms with Gasteiger partial charge in [-0.05, 0) is 42.5 Å². The molecule has 0 saturated heterocycles. The summed E-state index contributed by atoms with van der Waals surface area (Å²) >= 11 is 7.62. The van der Waals surface area contributed by atoms with Gasteiger partial charge in [-0.1, -0.05) is 43.0 Å². The summed E-state index contributed by atoms with van der Waals surface area (Å²) in [5.74, 6) is -1.28. The average Bonchev–Trinajstić information content (AvgIpc) is 3.16. The number of halogens is 1. The first-order chi connectivity index (χ1) is 12.1. The molecule has 1 heterocycles. The summed E-state index contributed by atoms with van der Waals surface area (Å²) in [6.45, 7) is 0.495. The smallest absolute Gasteiger partial charge is 0.313 e. The van der Waals surface area contributed by atoms with Gasteiger partial charge in [0.2, 0.25) is 0 Å². The fourth-order valence-electron chi connectivity index (χ4n) is 3.40. The summed E-state index contributed by atoms with van der Waals surface area (Å²) in [6.07, 6.45) is 5.63. The molecule has 0 bridgehead atoms. The molecule has 3 rings (SSSR count). The third kappa shape index (κ3) is 4.41. The van der Waals surface area contributed by atoms with Crippen LogP contribution in [0.2, 0.25) is 5.02 Å². The van der Waals surface area contributed by atoms with E-state index in [4.69, 9.17) is 11.6 Å². The van der Waals surface area contributed by atoms with Gasteiger partial charge in [-0.25, -0.2) is 0 Å². The van der Waals surface area contributed by atoms with Gasteiger partial charge in [0.05, 0.1) is 0 Å². The Morgan fingerprint density at radius 1 is 1.08 bits per heavy atom. The van der Waals surface area contributed by atoms with Crippen LogP contribution in [-0.2, 0) is 15.0 Å². The van der Waals surface area contributed by atoms with Crippen LogP contribution in [0.1, 0.15) is 37.0 Å². The van der Waals surface area contributed by atoms with Crippen LogP contribution >= 0.6 is 22.9 Å². The molecule has 1 fully saturated rings. The number of anilines is 1. The molecule has 25 heavy (non-hydrogen) atoms. The topological polar surface area (TPSA) is 58.2 Å². The van der Waals surface area contributed by atoms with Crippen molar-refractivity contribution in [3.05, 3.63) is 51.7 Å². The monoisotopic (exact) mass is 376 g/mol. The maximum absolute atomic E-state index is 12.2. The van der Waals surface area contributed by atoms with E-state index in [1.165, 1.54) is 11.3 Å². The average molecular weight is 377 g/mol. The molecule has 1 aromatic carbocycles. The molecule has 0 spiro atoms. The first-order valence-corrected chi connectivity index (χ1v) is 9.74. The number of hydrogen-bond donors (Lipinski definition) is 2. The number of carbonyl (C=O) groups excluding carboxylic acids is 2. The minimum absolute atomic E-state index is 0.0432. The molecular formula is C19H21ClN2O2S. The summed E-state index contributed by atoms with van der Waals surface area (Å²) in [6, 6.07) is 10.9. The Bertz CT molecular complexity index is 740. The lowest BCUT2D eigenvalue weighted by molar-refractivity contribution is -0.136. The molecule has 1 aliphatic rings.